The minimum Gasteiger partial charge on any atom is -0.348 e. The Morgan fingerprint density at radius 2 is 1.97 bits per heavy atom. The molecule has 9 heteroatoms. The molecule has 1 aliphatic carbocycles. The van der Waals surface area contributed by atoms with E-state index < -0.39 is 15.9 Å². The standard InChI is InChI=1S/C20H21ClN4O3S/c21-14-7-8-15-16(12-14)29(27,28)25-18(24-15)19(26)23-13-20(9-3-1-4-10-20)17-6-2-5-11-22-17/h2,5-8,11-12H,1,3-4,9-10,13H2,(H,23,26)(H,24,25). The SMILES string of the molecule is O=C(NCC1(c2ccccn2)CCCCC1)C1=NS(=O)(=O)c2cc(Cl)ccc2N1. The van der Waals surface area contributed by atoms with Crippen LogP contribution < -0.4 is 10.6 Å². The van der Waals surface area contributed by atoms with Gasteiger partial charge in [0.1, 0.15) is 4.90 Å². The lowest BCUT2D eigenvalue weighted by Crippen LogP contribution is -2.46. The van der Waals surface area contributed by atoms with Crippen LogP contribution in [0.5, 0.6) is 0 Å². The second-order valence-corrected chi connectivity index (χ2v) is 9.43. The van der Waals surface area contributed by atoms with E-state index in [1.165, 1.54) is 12.1 Å². The Balaban J connectivity index is 1.55. The highest BCUT2D eigenvalue weighted by Crippen LogP contribution is 2.38. The monoisotopic (exact) mass is 432 g/mol. The van der Waals surface area contributed by atoms with Gasteiger partial charge in [-0.1, -0.05) is 36.9 Å². The van der Waals surface area contributed by atoms with Crippen LogP contribution in [-0.2, 0) is 20.2 Å². The van der Waals surface area contributed by atoms with Gasteiger partial charge in [0.15, 0.2) is 0 Å². The summed E-state index contributed by atoms with van der Waals surface area (Å²) in [6.45, 7) is 0.372. The first-order valence-electron chi connectivity index (χ1n) is 9.51. The van der Waals surface area contributed by atoms with E-state index in [9.17, 15) is 13.2 Å². The smallest absolute Gasteiger partial charge is 0.287 e. The number of fused-ring (bicyclic) bond motifs is 1. The maximum atomic E-state index is 12.8. The summed E-state index contributed by atoms with van der Waals surface area (Å²) in [7, 11) is -4.00. The van der Waals surface area contributed by atoms with Crippen molar-refractivity contribution in [3.8, 4) is 0 Å². The average Bonchev–Trinajstić information content (AvgIpc) is 2.73. The third-order valence-corrected chi connectivity index (χ3v) is 7.06. The molecule has 7 nitrogen and oxygen atoms in total. The number of carbonyl (C=O) groups is 1. The van der Waals surface area contributed by atoms with Crippen LogP contribution in [0.2, 0.25) is 5.02 Å². The lowest BCUT2D eigenvalue weighted by Gasteiger charge is -2.37. The third-order valence-electron chi connectivity index (χ3n) is 5.51. The predicted molar refractivity (Wildman–Crippen MR) is 112 cm³/mol. The Bertz CT molecular complexity index is 1060. The van der Waals surface area contributed by atoms with Gasteiger partial charge < -0.3 is 10.6 Å². The number of benzene rings is 1. The van der Waals surface area contributed by atoms with Crippen molar-refractivity contribution in [1.29, 1.82) is 0 Å². The third kappa shape index (κ3) is 4.00. The first kappa shape index (κ1) is 19.8. The lowest BCUT2D eigenvalue weighted by molar-refractivity contribution is -0.115. The van der Waals surface area contributed by atoms with Crippen molar-refractivity contribution in [2.24, 2.45) is 4.40 Å². The van der Waals surface area contributed by atoms with Crippen LogP contribution in [0.15, 0.2) is 51.9 Å². The van der Waals surface area contributed by atoms with Crippen molar-refractivity contribution in [3.05, 3.63) is 53.3 Å². The first-order chi connectivity index (χ1) is 13.9. The molecule has 1 aromatic heterocycles. The highest BCUT2D eigenvalue weighted by molar-refractivity contribution is 7.90. The van der Waals surface area contributed by atoms with Crippen molar-refractivity contribution in [2.45, 2.75) is 42.4 Å². The maximum Gasteiger partial charge on any atom is 0.287 e. The van der Waals surface area contributed by atoms with E-state index in [4.69, 9.17) is 11.6 Å². The second kappa shape index (κ2) is 7.76. The number of hydrogen-bond donors (Lipinski definition) is 2. The van der Waals surface area contributed by atoms with Gasteiger partial charge in [-0.05, 0) is 43.2 Å². The topological polar surface area (TPSA) is 101 Å². The number of hydrogen-bond acceptors (Lipinski definition) is 5. The number of anilines is 1. The lowest BCUT2D eigenvalue weighted by atomic mass is 9.71. The summed E-state index contributed by atoms with van der Waals surface area (Å²) >= 11 is 5.89. The molecule has 2 N–H and O–H groups in total. The second-order valence-electron chi connectivity index (χ2n) is 7.42. The van der Waals surface area contributed by atoms with Crippen LogP contribution in [0, 0.1) is 0 Å². The summed E-state index contributed by atoms with van der Waals surface area (Å²) in [4.78, 5) is 17.2. The zero-order valence-electron chi connectivity index (χ0n) is 15.7. The molecule has 0 atom stereocenters. The summed E-state index contributed by atoms with van der Waals surface area (Å²) in [5.74, 6) is -0.804. The molecule has 2 aromatic rings. The van der Waals surface area contributed by atoms with E-state index in [-0.39, 0.29) is 26.9 Å². The van der Waals surface area contributed by atoms with Gasteiger partial charge >= 0.3 is 0 Å². The number of nitrogens with zero attached hydrogens (tertiary/aromatic N) is 2. The van der Waals surface area contributed by atoms with Crippen LogP contribution in [0.25, 0.3) is 0 Å². The van der Waals surface area contributed by atoms with Crippen molar-refractivity contribution in [2.75, 3.05) is 11.9 Å². The van der Waals surface area contributed by atoms with Crippen molar-refractivity contribution in [1.82, 2.24) is 10.3 Å². The fourth-order valence-electron chi connectivity index (χ4n) is 3.99. The van der Waals surface area contributed by atoms with Gasteiger partial charge in [-0.25, -0.2) is 0 Å². The van der Waals surface area contributed by atoms with Gasteiger partial charge in [-0.3, -0.25) is 9.78 Å². The Hall–Kier alpha value is -2.45. The predicted octanol–water partition coefficient (Wildman–Crippen LogP) is 3.27. The molecule has 0 bridgehead atoms. The Morgan fingerprint density at radius 1 is 1.17 bits per heavy atom. The Labute approximate surface area is 174 Å². The number of amides is 1. The number of sulfonamides is 1. The number of halogens is 1. The molecule has 29 heavy (non-hydrogen) atoms. The van der Waals surface area contributed by atoms with E-state index in [0.717, 1.165) is 37.8 Å². The zero-order valence-corrected chi connectivity index (χ0v) is 17.3. The van der Waals surface area contributed by atoms with Gasteiger partial charge in [0.25, 0.3) is 15.9 Å². The summed E-state index contributed by atoms with van der Waals surface area (Å²) in [6, 6.07) is 10.2. The number of carbonyl (C=O) groups excluding carboxylic acids is 1. The molecule has 0 radical (unpaired) electrons. The molecule has 1 saturated carbocycles. The van der Waals surface area contributed by atoms with Crippen LogP contribution in [-0.4, -0.2) is 31.7 Å². The van der Waals surface area contributed by atoms with E-state index in [1.54, 1.807) is 12.3 Å². The average molecular weight is 433 g/mol. The molecule has 4 rings (SSSR count). The normalized spacial score (nSPS) is 19.4. The molecule has 0 saturated heterocycles. The van der Waals surface area contributed by atoms with Crippen molar-refractivity contribution >= 4 is 39.1 Å². The largest absolute Gasteiger partial charge is 0.348 e. The van der Waals surface area contributed by atoms with E-state index in [1.807, 2.05) is 18.2 Å². The molecular formula is C20H21ClN4O3S. The van der Waals surface area contributed by atoms with Gasteiger partial charge in [-0.2, -0.15) is 8.42 Å². The number of pyridine rings is 1. The summed E-state index contributed by atoms with van der Waals surface area (Å²) in [6.07, 6.45) is 6.89. The summed E-state index contributed by atoms with van der Waals surface area (Å²) in [5.41, 5.74) is 0.979. The van der Waals surface area contributed by atoms with Crippen LogP contribution >= 0.6 is 11.6 Å². The first-order valence-corrected chi connectivity index (χ1v) is 11.3. The Morgan fingerprint density at radius 3 is 2.69 bits per heavy atom. The molecule has 1 amide bonds. The van der Waals surface area contributed by atoms with Gasteiger partial charge in [0, 0.05) is 28.9 Å². The van der Waals surface area contributed by atoms with E-state index in [2.05, 4.69) is 20.0 Å². The van der Waals surface area contributed by atoms with Gasteiger partial charge in [0.2, 0.25) is 5.84 Å². The summed E-state index contributed by atoms with van der Waals surface area (Å²) in [5, 5.41) is 5.97. The van der Waals surface area contributed by atoms with Crippen molar-refractivity contribution < 1.29 is 13.2 Å². The van der Waals surface area contributed by atoms with Gasteiger partial charge in [0.05, 0.1) is 5.69 Å². The number of amidine groups is 1. The molecule has 1 fully saturated rings. The quantitative estimate of drug-likeness (QED) is 0.772. The molecule has 0 spiro atoms. The molecular weight excluding hydrogens is 412 g/mol. The fourth-order valence-corrected chi connectivity index (χ4v) is 5.37. The highest BCUT2D eigenvalue weighted by Gasteiger charge is 2.36. The molecule has 2 aliphatic rings. The molecule has 1 aliphatic heterocycles. The van der Waals surface area contributed by atoms with Crippen molar-refractivity contribution in [3.63, 3.8) is 0 Å². The molecule has 152 valence electrons. The number of aromatic nitrogens is 1. The summed E-state index contributed by atoms with van der Waals surface area (Å²) < 4.78 is 28.6. The number of nitrogens with one attached hydrogen (secondary N) is 2. The van der Waals surface area contributed by atoms with Crippen LogP contribution in [0.1, 0.15) is 37.8 Å². The minimum atomic E-state index is -4.00. The fraction of sp³-hybridized carbons (Fsp3) is 0.350. The minimum absolute atomic E-state index is 0.0428. The highest BCUT2D eigenvalue weighted by atomic mass is 35.5. The van der Waals surface area contributed by atoms with Gasteiger partial charge in [-0.15, -0.1) is 4.40 Å². The van der Waals surface area contributed by atoms with E-state index in [0.29, 0.717) is 6.54 Å². The molecule has 1 aromatic carbocycles. The van der Waals surface area contributed by atoms with Crippen LogP contribution in [0.3, 0.4) is 0 Å². The molecule has 0 unspecified atom stereocenters. The number of rotatable bonds is 4. The molecule has 2 heterocycles. The Kier molecular flexibility index (Phi) is 5.31. The van der Waals surface area contributed by atoms with E-state index >= 15 is 0 Å². The van der Waals surface area contributed by atoms with Crippen LogP contribution in [0.4, 0.5) is 5.69 Å². The zero-order chi connectivity index (χ0) is 20.5. The maximum absolute atomic E-state index is 12.8.